The Labute approximate surface area is 183 Å². The highest BCUT2D eigenvalue weighted by Gasteiger charge is 2.24. The van der Waals surface area contributed by atoms with Crippen molar-refractivity contribution in [2.45, 2.75) is 65.9 Å². The highest BCUT2D eigenvalue weighted by atomic mass is 16.5. The van der Waals surface area contributed by atoms with Gasteiger partial charge in [0, 0.05) is 23.9 Å². The molecule has 0 fully saturated rings. The fraction of sp³-hybridized carbons (Fsp3) is 0.417. The maximum Gasteiger partial charge on any atom is 0.266 e. The second-order valence-corrected chi connectivity index (χ2v) is 9.05. The monoisotopic (exact) mass is 421 g/mol. The second kappa shape index (κ2) is 8.88. The maximum atomic E-state index is 13.0. The van der Waals surface area contributed by atoms with E-state index in [-0.39, 0.29) is 11.3 Å². The number of carbonyl (C=O) groups excluding carboxylic acids is 1. The molecule has 0 bridgehead atoms. The number of carbonyl (C=O) groups is 1. The summed E-state index contributed by atoms with van der Waals surface area (Å²) in [6.07, 6.45) is 2.59. The number of hydrogen-bond donors (Lipinski definition) is 1. The molecule has 164 valence electrons. The van der Waals surface area contributed by atoms with Crippen molar-refractivity contribution in [1.82, 2.24) is 19.7 Å². The summed E-state index contributed by atoms with van der Waals surface area (Å²) in [4.78, 5) is 21.5. The fourth-order valence-electron chi connectivity index (χ4n) is 2.96. The fourth-order valence-corrected chi connectivity index (χ4v) is 2.96. The minimum absolute atomic E-state index is 0.198. The molecule has 0 saturated heterocycles. The number of hydrogen-bond acceptors (Lipinski definition) is 5. The van der Waals surface area contributed by atoms with Crippen LogP contribution in [0.5, 0.6) is 5.75 Å². The van der Waals surface area contributed by atoms with E-state index in [4.69, 9.17) is 4.74 Å². The molecule has 1 N–H and O–H groups in total. The Morgan fingerprint density at radius 3 is 2.39 bits per heavy atom. The molecule has 1 amide bonds. The van der Waals surface area contributed by atoms with Crippen molar-refractivity contribution in [3.05, 3.63) is 59.5 Å². The van der Waals surface area contributed by atoms with Gasteiger partial charge in [-0.05, 0) is 43.0 Å². The van der Waals surface area contributed by atoms with Crippen LogP contribution in [0.15, 0.2) is 42.7 Å². The molecule has 3 aromatic rings. The first kappa shape index (κ1) is 22.5. The Morgan fingerprint density at radius 1 is 1.10 bits per heavy atom. The average molecular weight is 422 g/mol. The van der Waals surface area contributed by atoms with Gasteiger partial charge in [0.2, 0.25) is 0 Å². The number of nitrogens with one attached hydrogen (secondary N) is 1. The molecule has 0 spiro atoms. The second-order valence-electron chi connectivity index (χ2n) is 9.05. The van der Waals surface area contributed by atoms with Crippen LogP contribution in [0.1, 0.15) is 64.3 Å². The van der Waals surface area contributed by atoms with Gasteiger partial charge < -0.3 is 10.1 Å². The first-order valence-corrected chi connectivity index (χ1v) is 10.5. The van der Waals surface area contributed by atoms with Gasteiger partial charge in [-0.3, -0.25) is 4.79 Å². The predicted molar refractivity (Wildman–Crippen MR) is 122 cm³/mol. The number of ether oxygens (including phenoxy) is 1. The van der Waals surface area contributed by atoms with Crippen molar-refractivity contribution in [1.29, 1.82) is 0 Å². The van der Waals surface area contributed by atoms with E-state index in [9.17, 15) is 4.79 Å². The van der Waals surface area contributed by atoms with Crippen molar-refractivity contribution in [2.75, 3.05) is 5.32 Å². The zero-order valence-corrected chi connectivity index (χ0v) is 19.3. The molecule has 7 nitrogen and oxygen atoms in total. The van der Waals surface area contributed by atoms with Gasteiger partial charge in [0.05, 0.1) is 5.69 Å². The Morgan fingerprint density at radius 2 is 1.77 bits per heavy atom. The Balaban J connectivity index is 1.84. The first-order chi connectivity index (χ1) is 14.6. The van der Waals surface area contributed by atoms with Gasteiger partial charge in [-0.2, -0.15) is 9.78 Å². The molecule has 1 unspecified atom stereocenters. The van der Waals surface area contributed by atoms with Crippen molar-refractivity contribution in [2.24, 2.45) is 0 Å². The van der Waals surface area contributed by atoms with Crippen LogP contribution in [0.4, 0.5) is 5.82 Å². The van der Waals surface area contributed by atoms with Gasteiger partial charge in [0.1, 0.15) is 11.6 Å². The lowest BCUT2D eigenvalue weighted by atomic mass is 9.92. The molecule has 7 heteroatoms. The number of aryl methyl sites for hydroxylation is 1. The van der Waals surface area contributed by atoms with Gasteiger partial charge in [0.15, 0.2) is 6.10 Å². The molecule has 2 aromatic heterocycles. The number of aromatic nitrogens is 4. The molecule has 0 aliphatic heterocycles. The lowest BCUT2D eigenvalue weighted by Gasteiger charge is -2.18. The van der Waals surface area contributed by atoms with E-state index >= 15 is 0 Å². The van der Waals surface area contributed by atoms with Crippen LogP contribution in [0.2, 0.25) is 0 Å². The molecule has 0 aliphatic carbocycles. The maximum absolute atomic E-state index is 13.0. The van der Waals surface area contributed by atoms with Gasteiger partial charge >= 0.3 is 0 Å². The third-order valence-corrected chi connectivity index (χ3v) is 5.02. The van der Waals surface area contributed by atoms with Crippen LogP contribution in [0, 0.1) is 6.92 Å². The van der Waals surface area contributed by atoms with Crippen LogP contribution < -0.4 is 10.1 Å². The Bertz CT molecular complexity index is 1050. The molecule has 0 aliphatic rings. The summed E-state index contributed by atoms with van der Waals surface area (Å²) in [6.45, 7) is 14.2. The summed E-state index contributed by atoms with van der Waals surface area (Å²) < 4.78 is 7.57. The SMILES string of the molecule is Cc1ccc(C(C)C)cc1OC(C)C(=O)Nc1cc(C(C)(C)C)nn1-c1ncccn1. The molecule has 31 heavy (non-hydrogen) atoms. The standard InChI is InChI=1S/C24H31N5O2/c1-15(2)18-10-9-16(3)19(13-18)31-17(4)22(30)27-21-14-20(24(5,6)7)28-29(21)23-25-11-8-12-26-23/h8-15,17H,1-7H3,(H,27,30). The molecule has 0 saturated carbocycles. The lowest BCUT2D eigenvalue weighted by Crippen LogP contribution is -2.31. The van der Waals surface area contributed by atoms with E-state index in [1.165, 1.54) is 5.56 Å². The zero-order chi connectivity index (χ0) is 22.8. The first-order valence-electron chi connectivity index (χ1n) is 10.5. The number of benzene rings is 1. The van der Waals surface area contributed by atoms with E-state index in [1.54, 1.807) is 30.1 Å². The molecular weight excluding hydrogens is 390 g/mol. The van der Waals surface area contributed by atoms with Crippen LogP contribution >= 0.6 is 0 Å². The summed E-state index contributed by atoms with van der Waals surface area (Å²) in [5, 5.41) is 7.56. The highest BCUT2D eigenvalue weighted by Crippen LogP contribution is 2.27. The Kier molecular flexibility index (Phi) is 6.43. The van der Waals surface area contributed by atoms with Gasteiger partial charge in [-0.25, -0.2) is 9.97 Å². The topological polar surface area (TPSA) is 81.9 Å². The third-order valence-electron chi connectivity index (χ3n) is 5.02. The molecule has 2 heterocycles. The summed E-state index contributed by atoms with van der Waals surface area (Å²) in [6, 6.07) is 9.70. The van der Waals surface area contributed by atoms with Crippen LogP contribution in [0.25, 0.3) is 5.95 Å². The molecule has 1 aromatic carbocycles. The van der Waals surface area contributed by atoms with Gasteiger partial charge in [-0.15, -0.1) is 0 Å². The molecular formula is C24H31N5O2. The summed E-state index contributed by atoms with van der Waals surface area (Å²) in [5.74, 6) is 1.71. The minimum atomic E-state index is -0.695. The highest BCUT2D eigenvalue weighted by molar-refractivity contribution is 5.93. The smallest absolute Gasteiger partial charge is 0.266 e. The van der Waals surface area contributed by atoms with Crippen molar-refractivity contribution in [3.63, 3.8) is 0 Å². The minimum Gasteiger partial charge on any atom is -0.481 e. The largest absolute Gasteiger partial charge is 0.481 e. The third kappa shape index (κ3) is 5.29. The van der Waals surface area contributed by atoms with Gasteiger partial charge in [0.25, 0.3) is 11.9 Å². The van der Waals surface area contributed by atoms with E-state index < -0.39 is 6.10 Å². The van der Waals surface area contributed by atoms with Crippen molar-refractivity contribution >= 4 is 11.7 Å². The zero-order valence-electron chi connectivity index (χ0n) is 19.3. The van der Waals surface area contributed by atoms with Gasteiger partial charge in [-0.1, -0.05) is 46.8 Å². The van der Waals surface area contributed by atoms with Crippen molar-refractivity contribution in [3.8, 4) is 11.7 Å². The quantitative estimate of drug-likeness (QED) is 0.618. The van der Waals surface area contributed by atoms with E-state index in [1.807, 2.05) is 25.1 Å². The summed E-state index contributed by atoms with van der Waals surface area (Å²) in [7, 11) is 0. The normalized spacial score (nSPS) is 12.6. The average Bonchev–Trinajstić information content (AvgIpc) is 3.14. The molecule has 3 rings (SSSR count). The van der Waals surface area contributed by atoms with E-state index in [2.05, 4.69) is 61.1 Å². The lowest BCUT2D eigenvalue weighted by molar-refractivity contribution is -0.122. The number of anilines is 1. The molecule has 1 atom stereocenters. The number of nitrogens with zero attached hydrogens (tertiary/aromatic N) is 4. The Hall–Kier alpha value is -3.22. The number of rotatable bonds is 6. The molecule has 0 radical (unpaired) electrons. The summed E-state index contributed by atoms with van der Waals surface area (Å²) >= 11 is 0. The van der Waals surface area contributed by atoms with E-state index in [0.29, 0.717) is 23.4 Å². The van der Waals surface area contributed by atoms with Crippen molar-refractivity contribution < 1.29 is 9.53 Å². The van der Waals surface area contributed by atoms with Crippen LogP contribution in [-0.2, 0) is 10.2 Å². The number of amides is 1. The predicted octanol–water partition coefficient (Wildman–Crippen LogP) is 4.80. The summed E-state index contributed by atoms with van der Waals surface area (Å²) in [5.41, 5.74) is 2.78. The van der Waals surface area contributed by atoms with Crippen LogP contribution in [0.3, 0.4) is 0 Å². The van der Waals surface area contributed by atoms with Crippen LogP contribution in [-0.4, -0.2) is 31.8 Å². The van der Waals surface area contributed by atoms with E-state index in [0.717, 1.165) is 11.3 Å².